The summed E-state index contributed by atoms with van der Waals surface area (Å²) >= 11 is 0. The quantitative estimate of drug-likeness (QED) is 0.582. The van der Waals surface area contributed by atoms with Crippen LogP contribution in [0.2, 0.25) is 0 Å². The highest BCUT2D eigenvalue weighted by atomic mass is 19.1. The van der Waals surface area contributed by atoms with E-state index >= 15 is 0 Å². The first-order valence-electron chi connectivity index (χ1n) is 10.2. The molecule has 1 saturated heterocycles. The smallest absolute Gasteiger partial charge is 0.253 e. The molecule has 0 bridgehead atoms. The van der Waals surface area contributed by atoms with E-state index in [2.05, 4.69) is 15.6 Å². The number of likely N-dealkylation sites (tertiary alicyclic amines) is 1. The van der Waals surface area contributed by atoms with Gasteiger partial charge in [0.25, 0.3) is 5.91 Å². The number of carbonyl (C=O) groups excluding carboxylic acids is 1. The lowest BCUT2D eigenvalue weighted by molar-refractivity contribution is 0.0724. The minimum absolute atomic E-state index is 0.124. The van der Waals surface area contributed by atoms with Crippen LogP contribution < -0.4 is 10.6 Å². The Balaban J connectivity index is 1.44. The summed E-state index contributed by atoms with van der Waals surface area (Å²) in [6.45, 7) is 2.99. The molecule has 154 valence electrons. The largest absolute Gasteiger partial charge is 0.356 e. The van der Waals surface area contributed by atoms with Crippen molar-refractivity contribution in [2.75, 3.05) is 26.7 Å². The molecule has 1 amide bonds. The summed E-state index contributed by atoms with van der Waals surface area (Å²) in [5, 5.41) is 6.50. The fourth-order valence-electron chi connectivity index (χ4n) is 3.47. The molecule has 0 aliphatic carbocycles. The van der Waals surface area contributed by atoms with E-state index in [1.165, 1.54) is 12.5 Å². The molecule has 0 radical (unpaired) electrons. The van der Waals surface area contributed by atoms with Crippen LogP contribution in [-0.4, -0.2) is 43.4 Å². The lowest BCUT2D eigenvalue weighted by Crippen LogP contribution is -2.38. The number of guanidine groups is 1. The van der Waals surface area contributed by atoms with Crippen molar-refractivity contribution in [2.45, 2.75) is 32.2 Å². The molecule has 1 aliphatic rings. The maximum Gasteiger partial charge on any atom is 0.253 e. The molecule has 3 rings (SSSR count). The molecule has 6 heteroatoms. The number of piperidine rings is 1. The SMILES string of the molecule is CN=C(NCCc1cccc(F)c1)NCc1ccc(C(=O)N2CCCCC2)cc1. The second kappa shape index (κ2) is 10.6. The van der Waals surface area contributed by atoms with Crippen LogP contribution in [0.25, 0.3) is 0 Å². The Kier molecular flexibility index (Phi) is 7.61. The molecule has 1 aliphatic heterocycles. The molecule has 29 heavy (non-hydrogen) atoms. The summed E-state index contributed by atoms with van der Waals surface area (Å²) < 4.78 is 13.2. The van der Waals surface area contributed by atoms with Crippen LogP contribution in [0.15, 0.2) is 53.5 Å². The van der Waals surface area contributed by atoms with Crippen LogP contribution in [0.1, 0.15) is 40.7 Å². The van der Waals surface area contributed by atoms with Crippen LogP contribution in [-0.2, 0) is 13.0 Å². The molecule has 0 aromatic heterocycles. The lowest BCUT2D eigenvalue weighted by atomic mass is 10.1. The van der Waals surface area contributed by atoms with E-state index in [0.717, 1.165) is 42.6 Å². The lowest BCUT2D eigenvalue weighted by Gasteiger charge is -2.26. The van der Waals surface area contributed by atoms with Crippen molar-refractivity contribution < 1.29 is 9.18 Å². The third-order valence-electron chi connectivity index (χ3n) is 5.12. The van der Waals surface area contributed by atoms with E-state index in [0.29, 0.717) is 25.5 Å². The highest BCUT2D eigenvalue weighted by Gasteiger charge is 2.17. The molecule has 1 heterocycles. The van der Waals surface area contributed by atoms with Gasteiger partial charge < -0.3 is 15.5 Å². The van der Waals surface area contributed by atoms with E-state index in [9.17, 15) is 9.18 Å². The van der Waals surface area contributed by atoms with Crippen molar-refractivity contribution in [3.05, 3.63) is 71.0 Å². The Morgan fingerprint density at radius 2 is 1.79 bits per heavy atom. The van der Waals surface area contributed by atoms with Gasteiger partial charge >= 0.3 is 0 Å². The van der Waals surface area contributed by atoms with Crippen LogP contribution in [0.4, 0.5) is 4.39 Å². The van der Waals surface area contributed by atoms with Crippen LogP contribution >= 0.6 is 0 Å². The zero-order valence-corrected chi connectivity index (χ0v) is 17.0. The van der Waals surface area contributed by atoms with Gasteiger partial charge in [-0.1, -0.05) is 24.3 Å². The third-order valence-corrected chi connectivity index (χ3v) is 5.12. The number of benzene rings is 2. The van der Waals surface area contributed by atoms with Gasteiger partial charge in [-0.25, -0.2) is 4.39 Å². The van der Waals surface area contributed by atoms with E-state index in [1.54, 1.807) is 19.2 Å². The summed E-state index contributed by atoms with van der Waals surface area (Å²) in [5.41, 5.74) is 2.77. The maximum absolute atomic E-state index is 13.2. The van der Waals surface area contributed by atoms with Crippen molar-refractivity contribution in [3.8, 4) is 0 Å². The summed E-state index contributed by atoms with van der Waals surface area (Å²) in [6.07, 6.45) is 4.12. The second-order valence-corrected chi connectivity index (χ2v) is 7.28. The first kappa shape index (κ1) is 20.8. The van der Waals surface area contributed by atoms with Gasteiger partial charge in [-0.05, 0) is 61.1 Å². The van der Waals surface area contributed by atoms with Gasteiger partial charge in [-0.15, -0.1) is 0 Å². The van der Waals surface area contributed by atoms with Gasteiger partial charge in [0.2, 0.25) is 0 Å². The minimum atomic E-state index is -0.216. The van der Waals surface area contributed by atoms with E-state index < -0.39 is 0 Å². The number of halogens is 1. The van der Waals surface area contributed by atoms with Crippen molar-refractivity contribution in [1.29, 1.82) is 0 Å². The van der Waals surface area contributed by atoms with Gasteiger partial charge in [0.15, 0.2) is 5.96 Å². The Bertz CT molecular complexity index is 829. The van der Waals surface area contributed by atoms with Gasteiger partial charge in [-0.2, -0.15) is 0 Å². The summed E-state index contributed by atoms with van der Waals surface area (Å²) in [5.74, 6) is 0.598. The molecule has 5 nitrogen and oxygen atoms in total. The van der Waals surface area contributed by atoms with Gasteiger partial charge in [-0.3, -0.25) is 9.79 Å². The summed E-state index contributed by atoms with van der Waals surface area (Å²) in [7, 11) is 1.72. The minimum Gasteiger partial charge on any atom is -0.356 e. The highest BCUT2D eigenvalue weighted by molar-refractivity contribution is 5.94. The fraction of sp³-hybridized carbons (Fsp3) is 0.391. The number of hydrogen-bond acceptors (Lipinski definition) is 2. The first-order valence-corrected chi connectivity index (χ1v) is 10.2. The molecule has 2 N–H and O–H groups in total. The molecule has 0 unspecified atom stereocenters. The maximum atomic E-state index is 13.2. The van der Waals surface area contributed by atoms with Crippen LogP contribution in [0, 0.1) is 5.82 Å². The van der Waals surface area contributed by atoms with E-state index in [4.69, 9.17) is 0 Å². The Morgan fingerprint density at radius 3 is 2.48 bits per heavy atom. The summed E-state index contributed by atoms with van der Waals surface area (Å²) in [4.78, 5) is 18.7. The van der Waals surface area contributed by atoms with E-state index in [1.807, 2.05) is 35.2 Å². The zero-order valence-electron chi connectivity index (χ0n) is 17.0. The number of hydrogen-bond donors (Lipinski definition) is 2. The number of carbonyl (C=O) groups is 1. The average Bonchev–Trinajstić information content (AvgIpc) is 2.76. The molecular formula is C23H29FN4O. The monoisotopic (exact) mass is 396 g/mol. The highest BCUT2D eigenvalue weighted by Crippen LogP contribution is 2.14. The molecule has 1 fully saturated rings. The van der Waals surface area contributed by atoms with Crippen LogP contribution in [0.3, 0.4) is 0 Å². The molecule has 0 spiro atoms. The second-order valence-electron chi connectivity index (χ2n) is 7.28. The zero-order chi connectivity index (χ0) is 20.5. The normalized spacial score (nSPS) is 14.6. The summed E-state index contributed by atoms with van der Waals surface area (Å²) in [6, 6.07) is 14.4. The number of aliphatic imine (C=N–C) groups is 1. The Labute approximate surface area is 172 Å². The van der Waals surface area contributed by atoms with E-state index in [-0.39, 0.29) is 11.7 Å². The first-order chi connectivity index (χ1) is 14.2. The third kappa shape index (κ3) is 6.31. The molecule has 0 saturated carbocycles. The Morgan fingerprint density at radius 1 is 1.03 bits per heavy atom. The predicted molar refractivity (Wildman–Crippen MR) is 115 cm³/mol. The number of nitrogens with one attached hydrogen (secondary N) is 2. The molecular weight excluding hydrogens is 367 g/mol. The van der Waals surface area contributed by atoms with Crippen molar-refractivity contribution >= 4 is 11.9 Å². The molecule has 2 aromatic carbocycles. The van der Waals surface area contributed by atoms with Gasteiger partial charge in [0.1, 0.15) is 5.82 Å². The van der Waals surface area contributed by atoms with Crippen molar-refractivity contribution in [3.63, 3.8) is 0 Å². The fourth-order valence-corrected chi connectivity index (χ4v) is 3.47. The van der Waals surface area contributed by atoms with Gasteiger partial charge in [0, 0.05) is 38.8 Å². The van der Waals surface area contributed by atoms with Crippen LogP contribution in [0.5, 0.6) is 0 Å². The topological polar surface area (TPSA) is 56.7 Å². The predicted octanol–water partition coefficient (Wildman–Crippen LogP) is 3.36. The standard InChI is InChI=1S/C23H29FN4O/c1-25-23(26-13-12-18-6-5-7-21(24)16-18)27-17-19-8-10-20(11-9-19)22(29)28-14-3-2-4-15-28/h5-11,16H,2-4,12-15,17H2,1H3,(H2,25,26,27). The Hall–Kier alpha value is -2.89. The number of nitrogens with zero attached hydrogens (tertiary/aromatic N) is 2. The van der Waals surface area contributed by atoms with Crippen molar-refractivity contribution in [2.24, 2.45) is 4.99 Å². The van der Waals surface area contributed by atoms with Crippen molar-refractivity contribution in [1.82, 2.24) is 15.5 Å². The van der Waals surface area contributed by atoms with Gasteiger partial charge in [0.05, 0.1) is 0 Å². The average molecular weight is 397 g/mol. The number of amides is 1. The molecule has 2 aromatic rings. The number of rotatable bonds is 6. The molecule has 0 atom stereocenters.